The zero-order chi connectivity index (χ0) is 15.2. The average molecular weight is 348 g/mol. The summed E-state index contributed by atoms with van der Waals surface area (Å²) in [7, 11) is 0. The van der Waals surface area contributed by atoms with Crippen LogP contribution in [0.3, 0.4) is 0 Å². The van der Waals surface area contributed by atoms with E-state index in [1.54, 1.807) is 0 Å². The van der Waals surface area contributed by atoms with Crippen LogP contribution in [-0.4, -0.2) is 6.04 Å². The molecule has 0 bridgehead atoms. The first-order valence-electron chi connectivity index (χ1n) is 7.37. The fraction of sp³-hybridized carbons (Fsp3) is 0.333. The summed E-state index contributed by atoms with van der Waals surface area (Å²) in [5, 5.41) is 3.43. The molecule has 2 aromatic rings. The molecule has 0 atom stereocenters. The highest BCUT2D eigenvalue weighted by Gasteiger charge is 2.07. The van der Waals surface area contributed by atoms with Crippen molar-refractivity contribution in [1.82, 2.24) is 5.32 Å². The minimum atomic E-state index is 0.449. The molecule has 0 unspecified atom stereocenters. The lowest BCUT2D eigenvalue weighted by Gasteiger charge is -2.14. The minimum Gasteiger partial charge on any atom is -0.457 e. The molecule has 3 heteroatoms. The molecule has 112 valence electrons. The lowest BCUT2D eigenvalue weighted by Crippen LogP contribution is -2.22. The van der Waals surface area contributed by atoms with E-state index in [0.717, 1.165) is 34.5 Å². The van der Waals surface area contributed by atoms with Crippen LogP contribution in [0.5, 0.6) is 11.5 Å². The molecule has 21 heavy (non-hydrogen) atoms. The summed E-state index contributed by atoms with van der Waals surface area (Å²) < 4.78 is 7.12. The molecule has 0 saturated carbocycles. The van der Waals surface area contributed by atoms with Crippen molar-refractivity contribution in [3.05, 3.63) is 58.1 Å². The van der Waals surface area contributed by atoms with Crippen molar-refractivity contribution in [2.45, 2.75) is 39.8 Å². The van der Waals surface area contributed by atoms with Crippen molar-refractivity contribution < 1.29 is 4.74 Å². The highest BCUT2D eigenvalue weighted by molar-refractivity contribution is 9.10. The van der Waals surface area contributed by atoms with Gasteiger partial charge in [-0.3, -0.25) is 0 Å². The van der Waals surface area contributed by atoms with E-state index in [9.17, 15) is 0 Å². The summed E-state index contributed by atoms with van der Waals surface area (Å²) >= 11 is 3.52. The smallest absolute Gasteiger partial charge is 0.133 e. The molecule has 0 spiro atoms. The van der Waals surface area contributed by atoms with E-state index in [-0.39, 0.29) is 0 Å². The van der Waals surface area contributed by atoms with Crippen molar-refractivity contribution in [1.29, 1.82) is 0 Å². The number of hydrogen-bond acceptors (Lipinski definition) is 2. The Bertz CT molecular complexity index is 596. The van der Waals surface area contributed by atoms with Gasteiger partial charge in [-0.05, 0) is 36.2 Å². The minimum absolute atomic E-state index is 0.449. The van der Waals surface area contributed by atoms with Gasteiger partial charge >= 0.3 is 0 Å². The molecule has 2 rings (SSSR count). The van der Waals surface area contributed by atoms with E-state index < -0.39 is 0 Å². The largest absolute Gasteiger partial charge is 0.457 e. The highest BCUT2D eigenvalue weighted by atomic mass is 79.9. The van der Waals surface area contributed by atoms with E-state index in [2.05, 4.69) is 60.2 Å². The lowest BCUT2D eigenvalue weighted by atomic mass is 10.1. The summed E-state index contributed by atoms with van der Waals surface area (Å²) in [4.78, 5) is 0. The van der Waals surface area contributed by atoms with Gasteiger partial charge in [-0.25, -0.2) is 0 Å². The van der Waals surface area contributed by atoms with Crippen LogP contribution in [0.15, 0.2) is 46.9 Å². The predicted octanol–water partition coefficient (Wildman–Crippen LogP) is 5.30. The Morgan fingerprint density at radius 1 is 1.14 bits per heavy atom. The average Bonchev–Trinajstić information content (AvgIpc) is 2.46. The van der Waals surface area contributed by atoms with Gasteiger partial charge in [0.25, 0.3) is 0 Å². The first kappa shape index (κ1) is 16.1. The van der Waals surface area contributed by atoms with Gasteiger partial charge in [0.05, 0.1) is 0 Å². The second-order valence-corrected chi connectivity index (χ2v) is 6.31. The maximum absolute atomic E-state index is 6.10. The van der Waals surface area contributed by atoms with Gasteiger partial charge in [-0.2, -0.15) is 0 Å². The summed E-state index contributed by atoms with van der Waals surface area (Å²) in [6.07, 6.45) is 1.01. The zero-order valence-electron chi connectivity index (χ0n) is 12.8. The quantitative estimate of drug-likeness (QED) is 0.765. The molecule has 2 aromatic carbocycles. The van der Waals surface area contributed by atoms with Crippen LogP contribution in [0, 0.1) is 0 Å². The Labute approximate surface area is 135 Å². The maximum Gasteiger partial charge on any atom is 0.133 e. The van der Waals surface area contributed by atoms with Crippen LogP contribution in [0.25, 0.3) is 0 Å². The van der Waals surface area contributed by atoms with Crippen molar-refractivity contribution in [2.24, 2.45) is 0 Å². The maximum atomic E-state index is 6.10. The Morgan fingerprint density at radius 3 is 2.67 bits per heavy atom. The topological polar surface area (TPSA) is 21.3 Å². The summed E-state index contributed by atoms with van der Waals surface area (Å²) in [5.41, 5.74) is 2.44. The van der Waals surface area contributed by atoms with Crippen molar-refractivity contribution in [2.75, 3.05) is 0 Å². The number of hydrogen-bond donors (Lipinski definition) is 1. The Kier molecular flexibility index (Phi) is 5.83. The second-order valence-electron chi connectivity index (χ2n) is 5.39. The Morgan fingerprint density at radius 2 is 1.95 bits per heavy atom. The lowest BCUT2D eigenvalue weighted by molar-refractivity contribution is 0.468. The monoisotopic (exact) mass is 347 g/mol. The fourth-order valence-corrected chi connectivity index (χ4v) is 2.38. The SMILES string of the molecule is CCc1cccc(Oc2cc(Br)ccc2CNC(C)C)c1. The molecule has 0 saturated heterocycles. The molecule has 0 fully saturated rings. The molecule has 0 radical (unpaired) electrons. The number of halogens is 1. The van der Waals surface area contributed by atoms with E-state index >= 15 is 0 Å². The molecular weight excluding hydrogens is 326 g/mol. The molecule has 2 nitrogen and oxygen atoms in total. The van der Waals surface area contributed by atoms with E-state index in [0.29, 0.717) is 6.04 Å². The predicted molar refractivity (Wildman–Crippen MR) is 92.0 cm³/mol. The van der Waals surface area contributed by atoms with Crippen molar-refractivity contribution in [3.63, 3.8) is 0 Å². The van der Waals surface area contributed by atoms with Gasteiger partial charge < -0.3 is 10.1 Å². The number of benzene rings is 2. The van der Waals surface area contributed by atoms with E-state index in [1.807, 2.05) is 24.3 Å². The molecular formula is C18H22BrNO. The molecule has 0 amide bonds. The number of nitrogens with one attached hydrogen (secondary N) is 1. The number of ether oxygens (including phenoxy) is 1. The molecule has 0 aliphatic heterocycles. The molecule has 0 aliphatic carbocycles. The highest BCUT2D eigenvalue weighted by Crippen LogP contribution is 2.29. The molecule has 0 aromatic heterocycles. The molecule has 0 heterocycles. The normalized spacial score (nSPS) is 10.9. The first-order valence-corrected chi connectivity index (χ1v) is 8.16. The molecule has 0 aliphatic rings. The molecule has 1 N–H and O–H groups in total. The summed E-state index contributed by atoms with van der Waals surface area (Å²) in [5.74, 6) is 1.78. The van der Waals surface area contributed by atoms with E-state index in [1.165, 1.54) is 5.56 Å². The van der Waals surface area contributed by atoms with Gasteiger partial charge in [0, 0.05) is 22.6 Å². The van der Waals surface area contributed by atoms with Gasteiger partial charge in [0.15, 0.2) is 0 Å². The van der Waals surface area contributed by atoms with Crippen molar-refractivity contribution in [3.8, 4) is 11.5 Å². The van der Waals surface area contributed by atoms with Crippen LogP contribution in [0.2, 0.25) is 0 Å². The van der Waals surface area contributed by atoms with Crippen LogP contribution < -0.4 is 10.1 Å². The van der Waals surface area contributed by atoms with Crippen LogP contribution in [-0.2, 0) is 13.0 Å². The third kappa shape index (κ3) is 4.87. The zero-order valence-corrected chi connectivity index (χ0v) is 14.4. The van der Waals surface area contributed by atoms with Gasteiger partial charge in [-0.1, -0.05) is 54.9 Å². The Hall–Kier alpha value is -1.32. The Balaban J connectivity index is 2.22. The van der Waals surface area contributed by atoms with E-state index in [4.69, 9.17) is 4.74 Å². The summed E-state index contributed by atoms with van der Waals surface area (Å²) in [6, 6.07) is 14.9. The third-order valence-corrected chi connectivity index (χ3v) is 3.76. The van der Waals surface area contributed by atoms with Crippen LogP contribution in [0.4, 0.5) is 0 Å². The summed E-state index contributed by atoms with van der Waals surface area (Å²) in [6.45, 7) is 7.23. The third-order valence-electron chi connectivity index (χ3n) is 3.26. The fourth-order valence-electron chi connectivity index (χ4n) is 2.04. The second kappa shape index (κ2) is 7.62. The first-order chi connectivity index (χ1) is 10.1. The standard InChI is InChI=1S/C18H22BrNO/c1-4-14-6-5-7-17(10-14)21-18-11-16(19)9-8-15(18)12-20-13(2)3/h5-11,13,20H,4,12H2,1-3H3. The van der Waals surface area contributed by atoms with Gasteiger partial charge in [0.2, 0.25) is 0 Å². The van der Waals surface area contributed by atoms with Crippen LogP contribution in [0.1, 0.15) is 31.9 Å². The van der Waals surface area contributed by atoms with Gasteiger partial charge in [0.1, 0.15) is 11.5 Å². The number of rotatable bonds is 6. The van der Waals surface area contributed by atoms with Crippen LogP contribution >= 0.6 is 15.9 Å². The van der Waals surface area contributed by atoms with Gasteiger partial charge in [-0.15, -0.1) is 0 Å². The van der Waals surface area contributed by atoms with Crippen molar-refractivity contribution >= 4 is 15.9 Å². The number of aryl methyl sites for hydroxylation is 1.